The number of rotatable bonds is 1. The first-order chi connectivity index (χ1) is 6.25. The SMILES string of the molecule is N[C@H]1CCN(c2ccc(I)cn2)C1. The molecule has 0 bridgehead atoms. The molecule has 0 unspecified atom stereocenters. The lowest BCUT2D eigenvalue weighted by atomic mass is 10.3. The van der Waals surface area contributed by atoms with Crippen LogP contribution in [-0.2, 0) is 0 Å². The first kappa shape index (κ1) is 9.21. The third-order valence-electron chi connectivity index (χ3n) is 2.26. The van der Waals surface area contributed by atoms with Crippen LogP contribution in [0.5, 0.6) is 0 Å². The fraction of sp³-hybridized carbons (Fsp3) is 0.444. The summed E-state index contributed by atoms with van der Waals surface area (Å²) < 4.78 is 1.17. The Balaban J connectivity index is 2.13. The summed E-state index contributed by atoms with van der Waals surface area (Å²) in [5, 5.41) is 0. The third kappa shape index (κ3) is 2.11. The van der Waals surface area contributed by atoms with Crippen LogP contribution in [0.1, 0.15) is 6.42 Å². The Morgan fingerprint density at radius 1 is 1.54 bits per heavy atom. The molecule has 1 aromatic rings. The van der Waals surface area contributed by atoms with E-state index in [1.165, 1.54) is 3.57 Å². The maximum absolute atomic E-state index is 5.82. The predicted octanol–water partition coefficient (Wildman–Crippen LogP) is 1.22. The lowest BCUT2D eigenvalue weighted by Gasteiger charge is -2.16. The van der Waals surface area contributed by atoms with E-state index in [4.69, 9.17) is 5.73 Å². The molecule has 0 amide bonds. The van der Waals surface area contributed by atoms with Crippen LogP contribution >= 0.6 is 22.6 Å². The highest BCUT2D eigenvalue weighted by Crippen LogP contribution is 2.17. The van der Waals surface area contributed by atoms with Gasteiger partial charge in [0.1, 0.15) is 5.82 Å². The molecule has 13 heavy (non-hydrogen) atoms. The van der Waals surface area contributed by atoms with E-state index < -0.39 is 0 Å². The van der Waals surface area contributed by atoms with Crippen molar-refractivity contribution >= 4 is 28.4 Å². The monoisotopic (exact) mass is 289 g/mol. The number of halogens is 1. The molecular weight excluding hydrogens is 277 g/mol. The molecule has 4 heteroatoms. The Bertz CT molecular complexity index is 285. The van der Waals surface area contributed by atoms with Gasteiger partial charge in [-0.05, 0) is 41.1 Å². The maximum atomic E-state index is 5.82. The van der Waals surface area contributed by atoms with E-state index in [1.807, 2.05) is 6.20 Å². The fourth-order valence-electron chi connectivity index (χ4n) is 1.55. The molecule has 0 aliphatic carbocycles. The zero-order valence-corrected chi connectivity index (χ0v) is 9.44. The summed E-state index contributed by atoms with van der Waals surface area (Å²) in [6.07, 6.45) is 2.97. The topological polar surface area (TPSA) is 42.1 Å². The molecule has 0 radical (unpaired) electrons. The van der Waals surface area contributed by atoms with Crippen LogP contribution < -0.4 is 10.6 Å². The Kier molecular flexibility index (Phi) is 2.69. The van der Waals surface area contributed by atoms with Crippen LogP contribution in [0.2, 0.25) is 0 Å². The number of hydrogen-bond donors (Lipinski definition) is 1. The average molecular weight is 289 g/mol. The molecule has 2 rings (SSSR count). The van der Waals surface area contributed by atoms with Crippen molar-refractivity contribution in [3.63, 3.8) is 0 Å². The van der Waals surface area contributed by atoms with Gasteiger partial charge in [0.05, 0.1) is 0 Å². The summed E-state index contributed by atoms with van der Waals surface area (Å²) in [6.45, 7) is 1.97. The van der Waals surface area contributed by atoms with E-state index in [0.717, 1.165) is 25.3 Å². The van der Waals surface area contributed by atoms with Gasteiger partial charge >= 0.3 is 0 Å². The molecule has 0 spiro atoms. The van der Waals surface area contributed by atoms with Crippen LogP contribution in [0.25, 0.3) is 0 Å². The Morgan fingerprint density at radius 3 is 2.92 bits per heavy atom. The lowest BCUT2D eigenvalue weighted by molar-refractivity contribution is 0.751. The number of anilines is 1. The molecule has 2 heterocycles. The molecule has 2 N–H and O–H groups in total. The van der Waals surface area contributed by atoms with Crippen LogP contribution in [0.15, 0.2) is 18.3 Å². The molecule has 1 aromatic heterocycles. The zero-order chi connectivity index (χ0) is 9.26. The minimum absolute atomic E-state index is 0.320. The molecule has 1 saturated heterocycles. The zero-order valence-electron chi connectivity index (χ0n) is 7.28. The normalized spacial score (nSPS) is 22.3. The summed E-state index contributed by atoms with van der Waals surface area (Å²) in [5.74, 6) is 1.05. The van der Waals surface area contributed by atoms with Crippen molar-refractivity contribution in [2.24, 2.45) is 5.73 Å². The summed E-state index contributed by atoms with van der Waals surface area (Å²) in [4.78, 5) is 6.59. The minimum atomic E-state index is 0.320. The fourth-order valence-corrected chi connectivity index (χ4v) is 1.87. The van der Waals surface area contributed by atoms with Gasteiger partial charge in [-0.15, -0.1) is 0 Å². The molecule has 0 aromatic carbocycles. The van der Waals surface area contributed by atoms with Crippen LogP contribution in [-0.4, -0.2) is 24.1 Å². The van der Waals surface area contributed by atoms with E-state index >= 15 is 0 Å². The van der Waals surface area contributed by atoms with Gasteiger partial charge < -0.3 is 10.6 Å². The van der Waals surface area contributed by atoms with Gasteiger partial charge in [0.25, 0.3) is 0 Å². The highest BCUT2D eigenvalue weighted by molar-refractivity contribution is 14.1. The first-order valence-corrected chi connectivity index (χ1v) is 5.45. The summed E-state index contributed by atoms with van der Waals surface area (Å²) in [5.41, 5.74) is 5.82. The van der Waals surface area contributed by atoms with Gasteiger partial charge in [0, 0.05) is 28.9 Å². The van der Waals surface area contributed by atoms with E-state index in [1.54, 1.807) is 0 Å². The second kappa shape index (κ2) is 3.79. The van der Waals surface area contributed by atoms with Crippen molar-refractivity contribution < 1.29 is 0 Å². The second-order valence-electron chi connectivity index (χ2n) is 3.33. The quantitative estimate of drug-likeness (QED) is 0.791. The number of nitrogens with zero attached hydrogens (tertiary/aromatic N) is 2. The standard InChI is InChI=1S/C9H12IN3/c10-7-1-2-9(12-5-7)13-4-3-8(11)6-13/h1-2,5,8H,3-4,6,11H2/t8-/m0/s1. The smallest absolute Gasteiger partial charge is 0.128 e. The highest BCUT2D eigenvalue weighted by Gasteiger charge is 2.19. The molecule has 0 saturated carbocycles. The molecule has 1 aliphatic heterocycles. The van der Waals surface area contributed by atoms with Crippen LogP contribution in [0, 0.1) is 3.57 Å². The van der Waals surface area contributed by atoms with Gasteiger partial charge in [-0.25, -0.2) is 4.98 Å². The number of pyridine rings is 1. The van der Waals surface area contributed by atoms with E-state index in [-0.39, 0.29) is 0 Å². The molecule has 70 valence electrons. The molecule has 1 aliphatic rings. The van der Waals surface area contributed by atoms with E-state index in [0.29, 0.717) is 6.04 Å². The van der Waals surface area contributed by atoms with Crippen LogP contribution in [0.4, 0.5) is 5.82 Å². The van der Waals surface area contributed by atoms with Gasteiger partial charge in [0.2, 0.25) is 0 Å². The van der Waals surface area contributed by atoms with Crippen molar-refractivity contribution in [3.8, 4) is 0 Å². The van der Waals surface area contributed by atoms with Crippen molar-refractivity contribution in [1.82, 2.24) is 4.98 Å². The van der Waals surface area contributed by atoms with Crippen LogP contribution in [0.3, 0.4) is 0 Å². The largest absolute Gasteiger partial charge is 0.355 e. The lowest BCUT2D eigenvalue weighted by Crippen LogP contribution is -2.26. The predicted molar refractivity (Wildman–Crippen MR) is 61.8 cm³/mol. The summed E-state index contributed by atoms with van der Waals surface area (Å²) in [7, 11) is 0. The van der Waals surface area contributed by atoms with Crippen molar-refractivity contribution in [3.05, 3.63) is 21.9 Å². The molecular formula is C9H12IN3. The first-order valence-electron chi connectivity index (χ1n) is 4.38. The average Bonchev–Trinajstić information content (AvgIpc) is 2.53. The maximum Gasteiger partial charge on any atom is 0.128 e. The summed E-state index contributed by atoms with van der Waals surface area (Å²) >= 11 is 2.26. The highest BCUT2D eigenvalue weighted by atomic mass is 127. The van der Waals surface area contributed by atoms with Gasteiger partial charge in [-0.2, -0.15) is 0 Å². The van der Waals surface area contributed by atoms with Gasteiger partial charge in [0.15, 0.2) is 0 Å². The Morgan fingerprint density at radius 2 is 2.38 bits per heavy atom. The second-order valence-corrected chi connectivity index (χ2v) is 4.58. The van der Waals surface area contributed by atoms with E-state index in [9.17, 15) is 0 Å². The van der Waals surface area contributed by atoms with Crippen molar-refractivity contribution in [2.75, 3.05) is 18.0 Å². The van der Waals surface area contributed by atoms with Crippen molar-refractivity contribution in [1.29, 1.82) is 0 Å². The van der Waals surface area contributed by atoms with Gasteiger partial charge in [-0.1, -0.05) is 0 Å². The molecule has 3 nitrogen and oxygen atoms in total. The Hall–Kier alpha value is -0.360. The third-order valence-corrected chi connectivity index (χ3v) is 2.90. The summed E-state index contributed by atoms with van der Waals surface area (Å²) in [6, 6.07) is 4.45. The minimum Gasteiger partial charge on any atom is -0.355 e. The van der Waals surface area contributed by atoms with E-state index in [2.05, 4.69) is 44.6 Å². The molecule has 1 fully saturated rings. The van der Waals surface area contributed by atoms with Gasteiger partial charge in [-0.3, -0.25) is 0 Å². The molecule has 1 atom stereocenters. The Labute approximate surface area is 91.5 Å². The number of aromatic nitrogens is 1. The van der Waals surface area contributed by atoms with Crippen molar-refractivity contribution in [2.45, 2.75) is 12.5 Å². The number of nitrogens with two attached hydrogens (primary N) is 1. The number of hydrogen-bond acceptors (Lipinski definition) is 3.